The smallest absolute Gasteiger partial charge is 0.271 e. The zero-order valence-electron chi connectivity index (χ0n) is 22.4. The number of hydrogen-bond donors (Lipinski definition) is 1. The van der Waals surface area contributed by atoms with Crippen molar-refractivity contribution in [1.82, 2.24) is 9.88 Å². The summed E-state index contributed by atoms with van der Waals surface area (Å²) in [5.74, 6) is 1.95. The number of rotatable bonds is 11. The van der Waals surface area contributed by atoms with E-state index in [0.29, 0.717) is 45.6 Å². The number of benzene rings is 3. The number of carbonyl (C=O) groups is 1. The molecule has 0 radical (unpaired) electrons. The van der Waals surface area contributed by atoms with Gasteiger partial charge in [-0.2, -0.15) is 5.26 Å². The minimum Gasteiger partial charge on any atom is -0.493 e. The summed E-state index contributed by atoms with van der Waals surface area (Å²) >= 11 is 1.33. The molecule has 1 aliphatic rings. The first kappa shape index (κ1) is 27.2. The van der Waals surface area contributed by atoms with Gasteiger partial charge in [0.15, 0.2) is 16.6 Å². The fourth-order valence-electron chi connectivity index (χ4n) is 4.53. The van der Waals surface area contributed by atoms with Gasteiger partial charge in [-0.25, -0.2) is 4.98 Å². The normalized spacial score (nSPS) is 13.9. The van der Waals surface area contributed by atoms with E-state index in [-0.39, 0.29) is 5.91 Å². The minimum atomic E-state index is -0.970. The first-order valence-corrected chi connectivity index (χ1v) is 13.8. The van der Waals surface area contributed by atoms with Crippen LogP contribution in [0.15, 0.2) is 60.7 Å². The molecule has 0 saturated carbocycles. The summed E-state index contributed by atoms with van der Waals surface area (Å²) in [6.45, 7) is 3.76. The number of methoxy groups -OCH3 is 2. The molecule has 1 atom stereocenters. The van der Waals surface area contributed by atoms with Gasteiger partial charge in [-0.15, -0.1) is 0 Å². The molecule has 3 aromatic carbocycles. The lowest BCUT2D eigenvalue weighted by atomic mass is 10.1. The van der Waals surface area contributed by atoms with Crippen LogP contribution in [0.3, 0.4) is 0 Å². The maximum Gasteiger partial charge on any atom is 0.271 e. The molecule has 4 aromatic rings. The minimum absolute atomic E-state index is 0.384. The Labute approximate surface area is 236 Å². The lowest BCUT2D eigenvalue weighted by molar-refractivity contribution is -0.123. The first-order valence-electron chi connectivity index (χ1n) is 13.0. The van der Waals surface area contributed by atoms with E-state index in [1.165, 1.54) is 24.2 Å². The van der Waals surface area contributed by atoms with Crippen molar-refractivity contribution in [2.24, 2.45) is 0 Å². The number of hydrogen-bond acceptors (Lipinski definition) is 9. The molecule has 9 nitrogen and oxygen atoms in total. The number of amides is 1. The molecule has 1 unspecified atom stereocenters. The van der Waals surface area contributed by atoms with Crippen LogP contribution in [0.5, 0.6) is 23.0 Å². The van der Waals surface area contributed by atoms with Crippen molar-refractivity contribution in [3.8, 4) is 29.1 Å². The van der Waals surface area contributed by atoms with Gasteiger partial charge in [0.2, 0.25) is 6.10 Å². The standard InChI is InChI=1S/C30H30N4O5S/c1-36-25-17-24-27(18-26(25)37-2)40-30(32-24)33-29(35)28(39-23-9-5-20(19-31)6-10-23)21-7-11-22(12-8-21)38-16-15-34-13-3-4-14-34/h5-12,17-18,28H,3-4,13-16H2,1-2H3,(H,32,33,35). The van der Waals surface area contributed by atoms with E-state index >= 15 is 0 Å². The first-order chi connectivity index (χ1) is 19.6. The van der Waals surface area contributed by atoms with Gasteiger partial charge >= 0.3 is 0 Å². The van der Waals surface area contributed by atoms with E-state index in [1.807, 2.05) is 30.3 Å². The SMILES string of the molecule is COc1cc2nc(NC(=O)C(Oc3ccc(C#N)cc3)c3ccc(OCCN4CCCC4)cc3)sc2cc1OC. The third kappa shape index (κ3) is 6.45. The summed E-state index contributed by atoms with van der Waals surface area (Å²) in [5, 5.41) is 12.4. The quantitative estimate of drug-likeness (QED) is 0.260. The lowest BCUT2D eigenvalue weighted by Gasteiger charge is -2.19. The number of ether oxygens (including phenoxy) is 4. The maximum atomic E-state index is 13.6. The van der Waals surface area contributed by atoms with Gasteiger partial charge < -0.3 is 18.9 Å². The highest BCUT2D eigenvalue weighted by Crippen LogP contribution is 2.36. The number of nitriles is 1. The van der Waals surface area contributed by atoms with Crippen LogP contribution < -0.4 is 24.3 Å². The number of nitrogens with one attached hydrogen (secondary N) is 1. The zero-order valence-corrected chi connectivity index (χ0v) is 23.2. The molecule has 0 bridgehead atoms. The van der Waals surface area contributed by atoms with Gasteiger partial charge in [-0.1, -0.05) is 23.5 Å². The molecule has 206 valence electrons. The fraction of sp³-hybridized carbons (Fsp3) is 0.300. The van der Waals surface area contributed by atoms with Gasteiger partial charge in [-0.05, 0) is 62.3 Å². The number of thiazole rings is 1. The molecule has 1 aromatic heterocycles. The Bertz CT molecular complexity index is 1450. The molecular weight excluding hydrogens is 528 g/mol. The highest BCUT2D eigenvalue weighted by molar-refractivity contribution is 7.22. The van der Waals surface area contributed by atoms with Crippen molar-refractivity contribution in [1.29, 1.82) is 5.26 Å². The van der Waals surface area contributed by atoms with E-state index in [1.54, 1.807) is 44.6 Å². The fourth-order valence-corrected chi connectivity index (χ4v) is 5.41. The number of aromatic nitrogens is 1. The number of likely N-dealkylation sites (tertiary alicyclic amines) is 1. The molecular formula is C30H30N4O5S. The predicted octanol–water partition coefficient (Wildman–Crippen LogP) is 5.42. The van der Waals surface area contributed by atoms with Crippen molar-refractivity contribution in [3.05, 3.63) is 71.8 Å². The summed E-state index contributed by atoms with van der Waals surface area (Å²) in [6, 6.07) is 19.7. The molecule has 1 amide bonds. The van der Waals surface area contributed by atoms with E-state index in [4.69, 9.17) is 24.2 Å². The summed E-state index contributed by atoms with van der Waals surface area (Å²) in [7, 11) is 3.14. The Morgan fingerprint density at radius 3 is 2.38 bits per heavy atom. The molecule has 5 rings (SSSR count). The number of fused-ring (bicyclic) bond motifs is 1. The monoisotopic (exact) mass is 558 g/mol. The molecule has 0 aliphatic carbocycles. The average molecular weight is 559 g/mol. The van der Waals surface area contributed by atoms with Crippen molar-refractivity contribution in [3.63, 3.8) is 0 Å². The second kappa shape index (κ2) is 12.7. The van der Waals surface area contributed by atoms with Crippen LogP contribution in [0, 0.1) is 11.3 Å². The lowest BCUT2D eigenvalue weighted by Crippen LogP contribution is -2.26. The van der Waals surface area contributed by atoms with E-state index in [0.717, 1.165) is 30.1 Å². The van der Waals surface area contributed by atoms with Crippen molar-refractivity contribution in [2.45, 2.75) is 18.9 Å². The zero-order chi connectivity index (χ0) is 27.9. The Kier molecular flexibility index (Phi) is 8.64. The summed E-state index contributed by atoms with van der Waals surface area (Å²) in [4.78, 5) is 20.5. The Morgan fingerprint density at radius 2 is 1.70 bits per heavy atom. The van der Waals surface area contributed by atoms with Gasteiger partial charge in [0.1, 0.15) is 18.1 Å². The van der Waals surface area contributed by atoms with Crippen LogP contribution in [0.25, 0.3) is 10.2 Å². The molecule has 2 heterocycles. The second-order valence-corrected chi connectivity index (χ2v) is 10.3. The maximum absolute atomic E-state index is 13.6. The third-order valence-corrected chi connectivity index (χ3v) is 7.59. The Morgan fingerprint density at radius 1 is 1.02 bits per heavy atom. The molecule has 1 fully saturated rings. The molecule has 1 aliphatic heterocycles. The van der Waals surface area contributed by atoms with Crippen LogP contribution in [0.4, 0.5) is 5.13 Å². The third-order valence-electron chi connectivity index (χ3n) is 6.66. The predicted molar refractivity (Wildman–Crippen MR) is 153 cm³/mol. The summed E-state index contributed by atoms with van der Waals surface area (Å²) in [6.07, 6.45) is 1.52. The summed E-state index contributed by atoms with van der Waals surface area (Å²) in [5.41, 5.74) is 1.83. The van der Waals surface area contributed by atoms with Crippen LogP contribution in [0.1, 0.15) is 30.1 Å². The van der Waals surface area contributed by atoms with E-state index < -0.39 is 6.10 Å². The molecule has 0 spiro atoms. The van der Waals surface area contributed by atoms with Crippen LogP contribution >= 0.6 is 11.3 Å². The van der Waals surface area contributed by atoms with Crippen LogP contribution in [-0.4, -0.2) is 56.3 Å². The van der Waals surface area contributed by atoms with Crippen LogP contribution in [-0.2, 0) is 4.79 Å². The van der Waals surface area contributed by atoms with Gasteiger partial charge in [0.05, 0.1) is 36.1 Å². The van der Waals surface area contributed by atoms with Gasteiger partial charge in [-0.3, -0.25) is 15.0 Å². The van der Waals surface area contributed by atoms with E-state index in [9.17, 15) is 4.79 Å². The van der Waals surface area contributed by atoms with Gasteiger partial charge in [0.25, 0.3) is 5.91 Å². The Hall–Kier alpha value is -4.33. The van der Waals surface area contributed by atoms with Gasteiger partial charge in [0, 0.05) is 24.2 Å². The van der Waals surface area contributed by atoms with Crippen molar-refractivity contribution >= 4 is 32.6 Å². The topological polar surface area (TPSA) is 106 Å². The highest BCUT2D eigenvalue weighted by atomic mass is 32.1. The van der Waals surface area contributed by atoms with E-state index in [2.05, 4.69) is 21.3 Å². The molecule has 1 N–H and O–H groups in total. The largest absolute Gasteiger partial charge is 0.493 e. The molecule has 40 heavy (non-hydrogen) atoms. The average Bonchev–Trinajstić information content (AvgIpc) is 3.65. The number of carbonyl (C=O) groups excluding carboxylic acids is 1. The molecule has 10 heteroatoms. The number of anilines is 1. The van der Waals surface area contributed by atoms with Crippen molar-refractivity contribution in [2.75, 3.05) is 45.8 Å². The van der Waals surface area contributed by atoms with Crippen LogP contribution in [0.2, 0.25) is 0 Å². The molecule has 1 saturated heterocycles. The second-order valence-electron chi connectivity index (χ2n) is 9.28. The number of nitrogens with zero attached hydrogens (tertiary/aromatic N) is 3. The summed E-state index contributed by atoms with van der Waals surface area (Å²) < 4.78 is 23.7. The highest BCUT2D eigenvalue weighted by Gasteiger charge is 2.25. The van der Waals surface area contributed by atoms with Crippen molar-refractivity contribution < 1.29 is 23.7 Å². The Balaban J connectivity index is 1.34.